The highest BCUT2D eigenvalue weighted by Crippen LogP contribution is 2.34. The van der Waals surface area contributed by atoms with E-state index in [0.717, 1.165) is 25.7 Å². The maximum absolute atomic E-state index is 12.0. The van der Waals surface area contributed by atoms with E-state index < -0.39 is 0 Å². The van der Waals surface area contributed by atoms with Gasteiger partial charge in [0.15, 0.2) is 0 Å². The van der Waals surface area contributed by atoms with Crippen molar-refractivity contribution in [2.45, 2.75) is 51.6 Å². The molecule has 18 heavy (non-hydrogen) atoms. The van der Waals surface area contributed by atoms with Crippen LogP contribution in [0.3, 0.4) is 0 Å². The molecule has 0 aromatic rings. The molecule has 2 aliphatic rings. The molecule has 2 fully saturated rings. The lowest BCUT2D eigenvalue weighted by molar-refractivity contribution is -0.127. The summed E-state index contributed by atoms with van der Waals surface area (Å²) in [5, 5.41) is 8.74. The van der Waals surface area contributed by atoms with Crippen molar-refractivity contribution < 1.29 is 9.59 Å². The maximum atomic E-state index is 12.0. The number of hydrogen-bond donors (Lipinski definition) is 3. The second kappa shape index (κ2) is 5.26. The normalized spacial score (nSPS) is 28.6. The SMILES string of the molecule is CC1(C)CCC(NC(=O)C2CNC(=O)CN2)CC1. The molecule has 1 aliphatic heterocycles. The van der Waals surface area contributed by atoms with Gasteiger partial charge in [0, 0.05) is 12.6 Å². The lowest BCUT2D eigenvalue weighted by atomic mass is 9.75. The quantitative estimate of drug-likeness (QED) is 0.656. The van der Waals surface area contributed by atoms with E-state index in [1.165, 1.54) is 0 Å². The van der Waals surface area contributed by atoms with Gasteiger partial charge in [-0.15, -0.1) is 0 Å². The number of rotatable bonds is 2. The fraction of sp³-hybridized carbons (Fsp3) is 0.846. The van der Waals surface area contributed by atoms with Crippen LogP contribution in [0.4, 0.5) is 0 Å². The predicted octanol–water partition coefficient (Wildman–Crippen LogP) is 0.159. The third-order valence-corrected chi connectivity index (χ3v) is 4.01. The van der Waals surface area contributed by atoms with Gasteiger partial charge in [-0.05, 0) is 31.1 Å². The second-order valence-corrected chi connectivity index (χ2v) is 6.18. The van der Waals surface area contributed by atoms with Crippen molar-refractivity contribution >= 4 is 11.8 Å². The zero-order valence-corrected chi connectivity index (χ0v) is 11.2. The zero-order chi connectivity index (χ0) is 13.2. The zero-order valence-electron chi connectivity index (χ0n) is 11.2. The molecule has 1 unspecified atom stereocenters. The van der Waals surface area contributed by atoms with Gasteiger partial charge in [0.05, 0.1) is 6.54 Å². The van der Waals surface area contributed by atoms with Crippen LogP contribution in [0, 0.1) is 5.41 Å². The van der Waals surface area contributed by atoms with E-state index in [-0.39, 0.29) is 24.4 Å². The van der Waals surface area contributed by atoms with Crippen LogP contribution < -0.4 is 16.0 Å². The van der Waals surface area contributed by atoms with Crippen LogP contribution in [0.15, 0.2) is 0 Å². The molecule has 0 aromatic heterocycles. The van der Waals surface area contributed by atoms with Crippen molar-refractivity contribution in [2.75, 3.05) is 13.1 Å². The van der Waals surface area contributed by atoms with Crippen LogP contribution in [0.25, 0.3) is 0 Å². The number of nitrogens with one attached hydrogen (secondary N) is 3. The monoisotopic (exact) mass is 253 g/mol. The predicted molar refractivity (Wildman–Crippen MR) is 69.0 cm³/mol. The molecular formula is C13H23N3O2. The maximum Gasteiger partial charge on any atom is 0.239 e. The molecule has 1 atom stereocenters. The fourth-order valence-electron chi connectivity index (χ4n) is 2.60. The smallest absolute Gasteiger partial charge is 0.239 e. The van der Waals surface area contributed by atoms with Gasteiger partial charge in [-0.3, -0.25) is 14.9 Å². The highest BCUT2D eigenvalue weighted by Gasteiger charge is 2.30. The van der Waals surface area contributed by atoms with Gasteiger partial charge in [0.2, 0.25) is 11.8 Å². The van der Waals surface area contributed by atoms with E-state index >= 15 is 0 Å². The van der Waals surface area contributed by atoms with Gasteiger partial charge in [0.1, 0.15) is 6.04 Å². The molecule has 0 spiro atoms. The molecule has 5 heteroatoms. The molecule has 1 saturated heterocycles. The van der Waals surface area contributed by atoms with E-state index in [2.05, 4.69) is 29.8 Å². The summed E-state index contributed by atoms with van der Waals surface area (Å²) in [4.78, 5) is 23.0. The van der Waals surface area contributed by atoms with Gasteiger partial charge < -0.3 is 10.6 Å². The first-order chi connectivity index (χ1) is 8.46. The summed E-state index contributed by atoms with van der Waals surface area (Å²) in [6.45, 7) is 5.19. The van der Waals surface area contributed by atoms with E-state index in [1.54, 1.807) is 0 Å². The van der Waals surface area contributed by atoms with Gasteiger partial charge >= 0.3 is 0 Å². The fourth-order valence-corrected chi connectivity index (χ4v) is 2.60. The van der Waals surface area contributed by atoms with Crippen molar-refractivity contribution in [3.8, 4) is 0 Å². The molecule has 2 amide bonds. The average Bonchev–Trinajstić information content (AvgIpc) is 2.33. The molecular weight excluding hydrogens is 230 g/mol. The Morgan fingerprint density at radius 2 is 2.00 bits per heavy atom. The van der Waals surface area contributed by atoms with Crippen molar-refractivity contribution in [1.29, 1.82) is 0 Å². The Morgan fingerprint density at radius 1 is 1.33 bits per heavy atom. The number of hydrogen-bond acceptors (Lipinski definition) is 3. The summed E-state index contributed by atoms with van der Waals surface area (Å²) in [6.07, 6.45) is 4.43. The Hall–Kier alpha value is -1.10. The first kappa shape index (κ1) is 13.3. The number of carbonyl (C=O) groups excluding carboxylic acids is 2. The number of amides is 2. The summed E-state index contributed by atoms with van der Waals surface area (Å²) >= 11 is 0. The van der Waals surface area contributed by atoms with Crippen molar-refractivity contribution in [3.63, 3.8) is 0 Å². The molecule has 3 N–H and O–H groups in total. The molecule has 1 saturated carbocycles. The standard InChI is InChI=1S/C13H23N3O2/c1-13(2)5-3-9(4-6-13)16-12(18)10-7-15-11(17)8-14-10/h9-10,14H,3-8H2,1-2H3,(H,15,17)(H,16,18). The Morgan fingerprint density at radius 3 is 2.56 bits per heavy atom. The van der Waals surface area contributed by atoms with Crippen molar-refractivity contribution in [3.05, 3.63) is 0 Å². The van der Waals surface area contributed by atoms with Crippen LogP contribution >= 0.6 is 0 Å². The summed E-state index contributed by atoms with van der Waals surface area (Å²) < 4.78 is 0. The van der Waals surface area contributed by atoms with E-state index in [4.69, 9.17) is 0 Å². The molecule has 1 aliphatic carbocycles. The summed E-state index contributed by atoms with van der Waals surface area (Å²) in [5.41, 5.74) is 0.415. The average molecular weight is 253 g/mol. The van der Waals surface area contributed by atoms with Crippen LogP contribution in [-0.2, 0) is 9.59 Å². The first-order valence-corrected chi connectivity index (χ1v) is 6.77. The van der Waals surface area contributed by atoms with E-state index in [1.807, 2.05) is 0 Å². The number of carbonyl (C=O) groups is 2. The van der Waals surface area contributed by atoms with Gasteiger partial charge in [0.25, 0.3) is 0 Å². The minimum atomic E-state index is -0.280. The Labute approximate surface area is 108 Å². The summed E-state index contributed by atoms with van der Waals surface area (Å²) in [6, 6.07) is 0.0163. The van der Waals surface area contributed by atoms with E-state index in [0.29, 0.717) is 18.0 Å². The second-order valence-electron chi connectivity index (χ2n) is 6.18. The van der Waals surface area contributed by atoms with Gasteiger partial charge in [-0.2, -0.15) is 0 Å². The third-order valence-electron chi connectivity index (χ3n) is 4.01. The molecule has 0 radical (unpaired) electrons. The van der Waals surface area contributed by atoms with Gasteiger partial charge in [-0.25, -0.2) is 0 Å². The van der Waals surface area contributed by atoms with Crippen molar-refractivity contribution in [2.24, 2.45) is 5.41 Å². The highest BCUT2D eigenvalue weighted by molar-refractivity contribution is 5.86. The lowest BCUT2D eigenvalue weighted by Crippen LogP contribution is -2.59. The largest absolute Gasteiger partial charge is 0.353 e. The molecule has 2 rings (SSSR count). The Bertz CT molecular complexity index is 321. The third kappa shape index (κ3) is 3.45. The van der Waals surface area contributed by atoms with Crippen molar-refractivity contribution in [1.82, 2.24) is 16.0 Å². The van der Waals surface area contributed by atoms with Crippen LogP contribution in [0.2, 0.25) is 0 Å². The topological polar surface area (TPSA) is 70.2 Å². The molecule has 102 valence electrons. The number of piperazine rings is 1. The lowest BCUT2D eigenvalue weighted by Gasteiger charge is -2.35. The summed E-state index contributed by atoms with van der Waals surface area (Å²) in [5.74, 6) is -0.0295. The highest BCUT2D eigenvalue weighted by atomic mass is 16.2. The Balaban J connectivity index is 1.76. The molecule has 1 heterocycles. The molecule has 0 aromatic carbocycles. The Kier molecular flexibility index (Phi) is 3.90. The van der Waals surface area contributed by atoms with Crippen LogP contribution in [-0.4, -0.2) is 37.0 Å². The first-order valence-electron chi connectivity index (χ1n) is 6.77. The minimum absolute atomic E-state index is 0.0136. The van der Waals surface area contributed by atoms with Crippen LogP contribution in [0.1, 0.15) is 39.5 Å². The van der Waals surface area contributed by atoms with E-state index in [9.17, 15) is 9.59 Å². The molecule has 0 bridgehead atoms. The molecule has 5 nitrogen and oxygen atoms in total. The minimum Gasteiger partial charge on any atom is -0.353 e. The van der Waals surface area contributed by atoms with Crippen LogP contribution in [0.5, 0.6) is 0 Å². The van der Waals surface area contributed by atoms with Gasteiger partial charge in [-0.1, -0.05) is 13.8 Å². The summed E-state index contributed by atoms with van der Waals surface area (Å²) in [7, 11) is 0.